The Hall–Kier alpha value is -2.23. The summed E-state index contributed by atoms with van der Waals surface area (Å²) >= 11 is 0. The molecule has 0 fully saturated rings. The molecule has 0 aliphatic carbocycles. The molecule has 0 saturated heterocycles. The van der Waals surface area contributed by atoms with Crippen LogP contribution in [0.2, 0.25) is 0 Å². The molecular weight excluding hydrogens is 294 g/mol. The molecule has 4 heteroatoms. The van der Waals surface area contributed by atoms with E-state index in [1.54, 1.807) is 6.21 Å². The Morgan fingerprint density at radius 2 is 1.83 bits per heavy atom. The maximum atomic E-state index is 13.2. The van der Waals surface area contributed by atoms with Gasteiger partial charge in [-0.25, -0.2) is 8.78 Å². The van der Waals surface area contributed by atoms with E-state index in [0.29, 0.717) is 11.6 Å². The molecule has 0 radical (unpaired) electrons. The lowest BCUT2D eigenvalue weighted by Gasteiger charge is -2.28. The van der Waals surface area contributed by atoms with Crippen LogP contribution in [0.1, 0.15) is 31.9 Å². The van der Waals surface area contributed by atoms with Crippen molar-refractivity contribution in [1.29, 1.82) is 0 Å². The number of fused-ring (bicyclic) bond motifs is 1. The van der Waals surface area contributed by atoms with E-state index in [-0.39, 0.29) is 5.41 Å². The van der Waals surface area contributed by atoms with E-state index < -0.39 is 11.6 Å². The van der Waals surface area contributed by atoms with Gasteiger partial charge in [0.2, 0.25) is 0 Å². The van der Waals surface area contributed by atoms with Crippen LogP contribution in [0.3, 0.4) is 0 Å². The molecule has 0 bridgehead atoms. The van der Waals surface area contributed by atoms with Gasteiger partial charge in [0.1, 0.15) is 0 Å². The van der Waals surface area contributed by atoms with Crippen LogP contribution in [-0.2, 0) is 5.41 Å². The zero-order valence-electron chi connectivity index (χ0n) is 13.8. The van der Waals surface area contributed by atoms with Crippen molar-refractivity contribution in [3.05, 3.63) is 59.2 Å². The van der Waals surface area contributed by atoms with Gasteiger partial charge in [-0.1, -0.05) is 26.0 Å². The fourth-order valence-corrected chi connectivity index (χ4v) is 3.10. The zero-order chi connectivity index (χ0) is 16.8. The molecule has 1 atom stereocenters. The van der Waals surface area contributed by atoms with Gasteiger partial charge in [-0.05, 0) is 42.3 Å². The van der Waals surface area contributed by atoms with Crippen LogP contribution in [-0.4, -0.2) is 19.3 Å². The van der Waals surface area contributed by atoms with Crippen molar-refractivity contribution in [1.82, 2.24) is 0 Å². The first-order valence-corrected chi connectivity index (χ1v) is 7.67. The molecule has 3 rings (SSSR count). The molecule has 1 aliphatic heterocycles. The Labute approximate surface area is 135 Å². The highest BCUT2D eigenvalue weighted by Crippen LogP contribution is 2.45. The van der Waals surface area contributed by atoms with E-state index in [1.807, 2.05) is 12.1 Å². The Bertz CT molecular complexity index is 781. The SMILES string of the molecule is CC1N(C)c2cc(N=Cc3ccc(F)c(F)c3)ccc2C1(C)C. The van der Waals surface area contributed by atoms with E-state index in [2.05, 4.69) is 43.8 Å². The molecule has 1 aliphatic rings. The Morgan fingerprint density at radius 3 is 2.52 bits per heavy atom. The third-order valence-corrected chi connectivity index (χ3v) is 4.99. The monoisotopic (exact) mass is 314 g/mol. The van der Waals surface area contributed by atoms with Gasteiger partial charge in [-0.3, -0.25) is 4.99 Å². The van der Waals surface area contributed by atoms with Crippen LogP contribution < -0.4 is 4.90 Å². The quantitative estimate of drug-likeness (QED) is 0.725. The smallest absolute Gasteiger partial charge is 0.159 e. The molecule has 2 nitrogen and oxygen atoms in total. The molecule has 23 heavy (non-hydrogen) atoms. The summed E-state index contributed by atoms with van der Waals surface area (Å²) in [6.07, 6.45) is 1.55. The summed E-state index contributed by atoms with van der Waals surface area (Å²) in [6.45, 7) is 6.69. The summed E-state index contributed by atoms with van der Waals surface area (Å²) < 4.78 is 26.2. The highest BCUT2D eigenvalue weighted by molar-refractivity contribution is 5.82. The maximum Gasteiger partial charge on any atom is 0.159 e. The summed E-state index contributed by atoms with van der Waals surface area (Å²) in [6, 6.07) is 10.3. The highest BCUT2D eigenvalue weighted by atomic mass is 19.2. The highest BCUT2D eigenvalue weighted by Gasteiger charge is 2.39. The largest absolute Gasteiger partial charge is 0.371 e. The van der Waals surface area contributed by atoms with Crippen LogP contribution in [0.25, 0.3) is 0 Å². The lowest BCUT2D eigenvalue weighted by Crippen LogP contribution is -2.36. The van der Waals surface area contributed by atoms with Crippen molar-refractivity contribution in [3.63, 3.8) is 0 Å². The van der Waals surface area contributed by atoms with Crippen molar-refractivity contribution in [2.75, 3.05) is 11.9 Å². The molecule has 0 N–H and O–H groups in total. The second-order valence-electron chi connectivity index (χ2n) is 6.64. The van der Waals surface area contributed by atoms with E-state index >= 15 is 0 Å². The summed E-state index contributed by atoms with van der Waals surface area (Å²) in [4.78, 5) is 6.65. The Balaban J connectivity index is 1.91. The number of hydrogen-bond acceptors (Lipinski definition) is 2. The summed E-state index contributed by atoms with van der Waals surface area (Å²) in [5, 5.41) is 0. The van der Waals surface area contributed by atoms with Gasteiger partial charge in [-0.15, -0.1) is 0 Å². The molecule has 0 aromatic heterocycles. The standard InChI is InChI=1S/C19H20F2N2/c1-12-19(2,3)15-7-6-14(10-18(15)23(12)4)22-11-13-5-8-16(20)17(21)9-13/h5-12H,1-4H3. The second kappa shape index (κ2) is 5.44. The minimum absolute atomic E-state index is 0.0897. The van der Waals surface area contributed by atoms with Crippen molar-refractivity contribution < 1.29 is 8.78 Å². The van der Waals surface area contributed by atoms with Crippen molar-refractivity contribution in [3.8, 4) is 0 Å². The number of rotatable bonds is 2. The molecule has 1 heterocycles. The lowest BCUT2D eigenvalue weighted by atomic mass is 9.81. The third kappa shape index (κ3) is 2.62. The first-order chi connectivity index (χ1) is 10.8. The number of hydrogen-bond donors (Lipinski definition) is 0. The van der Waals surface area contributed by atoms with Gasteiger partial charge in [-0.2, -0.15) is 0 Å². The lowest BCUT2D eigenvalue weighted by molar-refractivity contribution is 0.454. The van der Waals surface area contributed by atoms with Crippen LogP contribution >= 0.6 is 0 Å². The number of likely N-dealkylation sites (N-methyl/N-ethyl adjacent to an activating group) is 1. The van der Waals surface area contributed by atoms with Crippen LogP contribution in [0, 0.1) is 11.6 Å². The first kappa shape index (κ1) is 15.7. The average molecular weight is 314 g/mol. The van der Waals surface area contributed by atoms with Crippen LogP contribution in [0.4, 0.5) is 20.2 Å². The topological polar surface area (TPSA) is 15.6 Å². The predicted octanol–water partition coefficient (Wildman–Crippen LogP) is 4.83. The maximum absolute atomic E-state index is 13.2. The van der Waals surface area contributed by atoms with Gasteiger partial charge in [0.15, 0.2) is 11.6 Å². The number of benzene rings is 2. The molecule has 120 valence electrons. The van der Waals surface area contributed by atoms with E-state index in [0.717, 1.165) is 17.8 Å². The number of nitrogens with zero attached hydrogens (tertiary/aromatic N) is 2. The van der Waals surface area contributed by atoms with Crippen molar-refractivity contribution >= 4 is 17.6 Å². The number of anilines is 1. The molecule has 0 spiro atoms. The minimum atomic E-state index is -0.863. The van der Waals surface area contributed by atoms with Crippen LogP contribution in [0.5, 0.6) is 0 Å². The van der Waals surface area contributed by atoms with E-state index in [4.69, 9.17) is 0 Å². The fraction of sp³-hybridized carbons (Fsp3) is 0.316. The number of aliphatic imine (C=N–C) groups is 1. The van der Waals surface area contributed by atoms with E-state index in [1.165, 1.54) is 17.3 Å². The summed E-state index contributed by atoms with van der Waals surface area (Å²) in [7, 11) is 2.08. The van der Waals surface area contributed by atoms with Gasteiger partial charge in [0.05, 0.1) is 5.69 Å². The van der Waals surface area contributed by atoms with Crippen molar-refractivity contribution in [2.24, 2.45) is 4.99 Å². The molecule has 1 unspecified atom stereocenters. The van der Waals surface area contributed by atoms with Gasteiger partial charge < -0.3 is 4.90 Å². The summed E-state index contributed by atoms with van der Waals surface area (Å²) in [5.74, 6) is -1.71. The Kier molecular flexibility index (Phi) is 3.71. The molecule has 0 amide bonds. The van der Waals surface area contributed by atoms with Crippen molar-refractivity contribution in [2.45, 2.75) is 32.2 Å². The second-order valence-corrected chi connectivity index (χ2v) is 6.64. The van der Waals surface area contributed by atoms with Gasteiger partial charge in [0, 0.05) is 30.4 Å². The number of halogens is 2. The molecule has 2 aromatic rings. The Morgan fingerprint density at radius 1 is 1.09 bits per heavy atom. The van der Waals surface area contributed by atoms with Gasteiger partial charge >= 0.3 is 0 Å². The fourth-order valence-electron chi connectivity index (χ4n) is 3.10. The first-order valence-electron chi connectivity index (χ1n) is 7.67. The molecule has 2 aromatic carbocycles. The average Bonchev–Trinajstić information content (AvgIpc) is 2.69. The molecular formula is C19H20F2N2. The van der Waals surface area contributed by atoms with Gasteiger partial charge in [0.25, 0.3) is 0 Å². The normalized spacial score (nSPS) is 19.4. The molecule has 0 saturated carbocycles. The predicted molar refractivity (Wildman–Crippen MR) is 90.9 cm³/mol. The zero-order valence-corrected chi connectivity index (χ0v) is 13.8. The third-order valence-electron chi connectivity index (χ3n) is 4.99. The minimum Gasteiger partial charge on any atom is -0.371 e. The van der Waals surface area contributed by atoms with E-state index in [9.17, 15) is 8.78 Å². The summed E-state index contributed by atoms with van der Waals surface area (Å²) in [5.41, 5.74) is 3.89. The van der Waals surface area contributed by atoms with Crippen LogP contribution in [0.15, 0.2) is 41.4 Å².